The van der Waals surface area contributed by atoms with Crippen LogP contribution in [0.5, 0.6) is 0 Å². The standard InChI is InChI=1S/C52H32N2S2/c1-3-15-34(16-4-1)53(35-17-5-2-6-18-35)47-32-48-44(31-45(47)42-23-13-22-41-39-21-10-12-25-49(39)55-52(41)42)38-20-9-11-24-46(38)54(48)36-27-29-40-43-28-26-33-14-7-8-19-37(33)51(43)56-50(40)30-36/h1-32H. The van der Waals surface area contributed by atoms with Gasteiger partial charge in [-0.25, -0.2) is 0 Å². The van der Waals surface area contributed by atoms with Gasteiger partial charge in [0.15, 0.2) is 0 Å². The third-order valence-electron chi connectivity index (χ3n) is 11.4. The summed E-state index contributed by atoms with van der Waals surface area (Å²) in [5, 5.41) is 10.3. The highest BCUT2D eigenvalue weighted by atomic mass is 32.1. The second kappa shape index (κ2) is 12.4. The lowest BCUT2D eigenvalue weighted by Gasteiger charge is -2.28. The molecule has 0 aliphatic carbocycles. The average Bonchev–Trinajstić information content (AvgIpc) is 3.93. The Morgan fingerprint density at radius 1 is 0.357 bits per heavy atom. The summed E-state index contributed by atoms with van der Waals surface area (Å²) >= 11 is 3.78. The number of hydrogen-bond donors (Lipinski definition) is 0. The predicted octanol–water partition coefficient (Wildman–Crippen LogP) is 15.8. The van der Waals surface area contributed by atoms with Crippen LogP contribution in [0.4, 0.5) is 17.1 Å². The molecule has 0 atom stereocenters. The molecule has 3 heterocycles. The van der Waals surface area contributed by atoms with Crippen LogP contribution in [0.15, 0.2) is 194 Å². The number of fused-ring (bicyclic) bond motifs is 11. The maximum Gasteiger partial charge on any atom is 0.0562 e. The van der Waals surface area contributed by atoms with Gasteiger partial charge in [0.05, 0.1) is 16.7 Å². The fraction of sp³-hybridized carbons (Fsp3) is 0. The van der Waals surface area contributed by atoms with E-state index in [9.17, 15) is 0 Å². The SMILES string of the molecule is c1ccc(N(c2ccccc2)c2cc3c(cc2-c2cccc4c2sc2ccccc24)c2ccccc2n3-c2ccc3c(c2)sc2c4ccccc4ccc32)cc1. The molecule has 0 N–H and O–H groups in total. The van der Waals surface area contributed by atoms with E-state index in [2.05, 4.69) is 204 Å². The van der Waals surface area contributed by atoms with Gasteiger partial charge in [0.2, 0.25) is 0 Å². The van der Waals surface area contributed by atoms with Gasteiger partial charge in [-0.3, -0.25) is 0 Å². The molecule has 0 unspecified atom stereocenters. The normalized spacial score (nSPS) is 11.9. The molecule has 2 nitrogen and oxygen atoms in total. The van der Waals surface area contributed by atoms with Crippen LogP contribution in [0, 0.1) is 0 Å². The Hall–Kier alpha value is -6.72. The van der Waals surface area contributed by atoms with Crippen molar-refractivity contribution < 1.29 is 0 Å². The van der Waals surface area contributed by atoms with Crippen LogP contribution in [-0.4, -0.2) is 4.57 Å². The summed E-state index contributed by atoms with van der Waals surface area (Å²) in [5.74, 6) is 0. The molecule has 12 rings (SSSR count). The number of thiophene rings is 2. The molecule has 262 valence electrons. The van der Waals surface area contributed by atoms with Crippen molar-refractivity contribution in [3.05, 3.63) is 194 Å². The molecule has 0 saturated carbocycles. The zero-order valence-electron chi connectivity index (χ0n) is 30.2. The first kappa shape index (κ1) is 31.6. The number of hydrogen-bond acceptors (Lipinski definition) is 3. The largest absolute Gasteiger partial charge is 0.310 e. The van der Waals surface area contributed by atoms with E-state index in [0.29, 0.717) is 0 Å². The van der Waals surface area contributed by atoms with Gasteiger partial charge in [0.1, 0.15) is 0 Å². The van der Waals surface area contributed by atoms with Crippen molar-refractivity contribution in [1.82, 2.24) is 4.57 Å². The van der Waals surface area contributed by atoms with E-state index in [1.54, 1.807) is 0 Å². The summed E-state index contributed by atoms with van der Waals surface area (Å²) < 4.78 is 7.74. The molecule has 3 aromatic heterocycles. The monoisotopic (exact) mass is 748 g/mol. The molecular formula is C52H32N2S2. The predicted molar refractivity (Wildman–Crippen MR) is 244 cm³/mol. The Morgan fingerprint density at radius 2 is 0.982 bits per heavy atom. The summed E-state index contributed by atoms with van der Waals surface area (Å²) in [4.78, 5) is 2.43. The molecule has 0 amide bonds. The fourth-order valence-corrected chi connectivity index (χ4v) is 11.4. The van der Waals surface area contributed by atoms with Crippen LogP contribution in [0.25, 0.3) is 89.7 Å². The first-order chi connectivity index (χ1) is 27.8. The molecule has 56 heavy (non-hydrogen) atoms. The number of aromatic nitrogens is 1. The van der Waals surface area contributed by atoms with Crippen LogP contribution in [0.1, 0.15) is 0 Å². The number of anilines is 3. The van der Waals surface area contributed by atoms with Gasteiger partial charge >= 0.3 is 0 Å². The van der Waals surface area contributed by atoms with Gasteiger partial charge in [0, 0.05) is 79.3 Å². The van der Waals surface area contributed by atoms with Crippen LogP contribution in [-0.2, 0) is 0 Å². The Morgan fingerprint density at radius 3 is 1.80 bits per heavy atom. The molecule has 0 saturated heterocycles. The van der Waals surface area contributed by atoms with Crippen molar-refractivity contribution in [2.45, 2.75) is 0 Å². The zero-order valence-corrected chi connectivity index (χ0v) is 31.8. The van der Waals surface area contributed by atoms with E-state index in [1.807, 2.05) is 22.7 Å². The lowest BCUT2D eigenvalue weighted by Crippen LogP contribution is -2.11. The molecule has 0 spiro atoms. The number of benzene rings is 9. The summed E-state index contributed by atoms with van der Waals surface area (Å²) in [6.45, 7) is 0. The summed E-state index contributed by atoms with van der Waals surface area (Å²) in [5.41, 5.74) is 9.35. The Kier molecular flexibility index (Phi) is 7.00. The Balaban J connectivity index is 1.19. The molecule has 4 heteroatoms. The highest BCUT2D eigenvalue weighted by Gasteiger charge is 2.24. The Bertz CT molecular complexity index is 3440. The van der Waals surface area contributed by atoms with E-state index in [0.717, 1.165) is 22.7 Å². The minimum absolute atomic E-state index is 1.12. The lowest BCUT2D eigenvalue weighted by atomic mass is 9.97. The van der Waals surface area contributed by atoms with Crippen molar-refractivity contribution in [2.24, 2.45) is 0 Å². The topological polar surface area (TPSA) is 8.17 Å². The number of para-hydroxylation sites is 3. The van der Waals surface area contributed by atoms with Crippen molar-refractivity contribution >= 4 is 113 Å². The van der Waals surface area contributed by atoms with Crippen molar-refractivity contribution in [3.8, 4) is 16.8 Å². The number of rotatable bonds is 5. The Labute approximate surface area is 331 Å². The van der Waals surface area contributed by atoms with Gasteiger partial charge in [0.25, 0.3) is 0 Å². The lowest BCUT2D eigenvalue weighted by molar-refractivity contribution is 1.18. The average molecular weight is 749 g/mol. The third kappa shape index (κ3) is 4.73. The summed E-state index contributed by atoms with van der Waals surface area (Å²) in [6, 6.07) is 71.4. The summed E-state index contributed by atoms with van der Waals surface area (Å²) in [7, 11) is 0. The maximum atomic E-state index is 2.48. The molecule has 0 radical (unpaired) electrons. The minimum Gasteiger partial charge on any atom is -0.310 e. The first-order valence-electron chi connectivity index (χ1n) is 19.0. The van der Waals surface area contributed by atoms with Crippen molar-refractivity contribution in [2.75, 3.05) is 4.90 Å². The molecule has 0 bridgehead atoms. The third-order valence-corrected chi connectivity index (χ3v) is 13.8. The first-order valence-corrected chi connectivity index (χ1v) is 20.6. The van der Waals surface area contributed by atoms with E-state index < -0.39 is 0 Å². The van der Waals surface area contributed by atoms with Gasteiger partial charge in [-0.05, 0) is 71.4 Å². The van der Waals surface area contributed by atoms with E-state index >= 15 is 0 Å². The van der Waals surface area contributed by atoms with Crippen LogP contribution in [0.3, 0.4) is 0 Å². The second-order valence-electron chi connectivity index (χ2n) is 14.5. The fourth-order valence-electron chi connectivity index (χ4n) is 8.86. The van der Waals surface area contributed by atoms with Gasteiger partial charge in [-0.1, -0.05) is 133 Å². The smallest absolute Gasteiger partial charge is 0.0562 e. The molecule has 0 fully saturated rings. The van der Waals surface area contributed by atoms with Gasteiger partial charge in [-0.2, -0.15) is 0 Å². The maximum absolute atomic E-state index is 2.48. The molecular weight excluding hydrogens is 717 g/mol. The molecule has 12 aromatic rings. The zero-order chi connectivity index (χ0) is 36.7. The molecule has 0 aliphatic heterocycles. The molecule has 0 aliphatic rings. The van der Waals surface area contributed by atoms with Crippen molar-refractivity contribution in [1.29, 1.82) is 0 Å². The van der Waals surface area contributed by atoms with Crippen LogP contribution in [0.2, 0.25) is 0 Å². The van der Waals surface area contributed by atoms with E-state index in [4.69, 9.17) is 0 Å². The summed E-state index contributed by atoms with van der Waals surface area (Å²) in [6.07, 6.45) is 0. The van der Waals surface area contributed by atoms with Crippen LogP contribution < -0.4 is 4.90 Å². The van der Waals surface area contributed by atoms with Gasteiger partial charge in [-0.15, -0.1) is 22.7 Å². The van der Waals surface area contributed by atoms with Crippen molar-refractivity contribution in [3.63, 3.8) is 0 Å². The van der Waals surface area contributed by atoms with Gasteiger partial charge < -0.3 is 9.47 Å². The molecule has 9 aromatic carbocycles. The number of nitrogens with zero attached hydrogens (tertiary/aromatic N) is 2. The van der Waals surface area contributed by atoms with E-state index in [1.165, 1.54) is 84.0 Å². The van der Waals surface area contributed by atoms with Crippen LogP contribution >= 0.6 is 22.7 Å². The quantitative estimate of drug-likeness (QED) is 0.170. The minimum atomic E-state index is 1.12. The van der Waals surface area contributed by atoms with E-state index in [-0.39, 0.29) is 0 Å². The highest BCUT2D eigenvalue weighted by Crippen LogP contribution is 2.49. The second-order valence-corrected chi connectivity index (χ2v) is 16.6. The highest BCUT2D eigenvalue weighted by molar-refractivity contribution is 7.27.